The van der Waals surface area contributed by atoms with Gasteiger partial charge in [-0.2, -0.15) is 9.07 Å². The fourth-order valence-electron chi connectivity index (χ4n) is 1.40. The number of alkyl halides is 1. The highest BCUT2D eigenvalue weighted by molar-refractivity contribution is 6.20. The predicted octanol–water partition coefficient (Wildman–Crippen LogP) is 2.01. The number of rotatable bonds is 3. The van der Waals surface area contributed by atoms with E-state index in [1.807, 2.05) is 0 Å². The monoisotopic (exact) mass is 271 g/mol. The number of halogens is 2. The molecule has 0 aliphatic rings. The summed E-state index contributed by atoms with van der Waals surface area (Å²) in [5.74, 6) is -0.602. The predicted molar refractivity (Wildman–Crippen MR) is 60.0 cm³/mol. The molecule has 0 N–H and O–H groups in total. The van der Waals surface area contributed by atoms with Gasteiger partial charge in [0.25, 0.3) is 0 Å². The van der Waals surface area contributed by atoms with Gasteiger partial charge in [0.1, 0.15) is 0 Å². The third-order valence-electron chi connectivity index (χ3n) is 2.22. The van der Waals surface area contributed by atoms with Gasteiger partial charge in [-0.05, 0) is 29.5 Å². The maximum absolute atomic E-state index is 13.2. The number of nitro groups is 1. The molecule has 18 heavy (non-hydrogen) atoms. The first-order valence-electron chi connectivity index (χ1n) is 4.87. The van der Waals surface area contributed by atoms with Crippen LogP contribution in [0.3, 0.4) is 0 Å². The first-order chi connectivity index (χ1) is 8.50. The lowest BCUT2D eigenvalue weighted by Gasteiger charge is -2.05. The Labute approximate surface area is 105 Å². The Morgan fingerprint density at radius 3 is 2.89 bits per heavy atom. The number of hydrogen-bond donors (Lipinski definition) is 0. The van der Waals surface area contributed by atoms with Gasteiger partial charge < -0.3 is 0 Å². The van der Waals surface area contributed by atoms with E-state index in [0.29, 0.717) is 5.82 Å². The zero-order valence-corrected chi connectivity index (χ0v) is 9.87. The largest absolute Gasteiger partial charge is 0.306 e. The highest BCUT2D eigenvalue weighted by Gasteiger charge is 2.19. The Balaban J connectivity index is 2.54. The number of tetrazole rings is 1. The van der Waals surface area contributed by atoms with E-state index in [2.05, 4.69) is 15.5 Å². The molecule has 0 aliphatic heterocycles. The molecule has 7 nitrogen and oxygen atoms in total. The standard InChI is InChI=1S/C9H7ClFN5O2/c1-5(10)9-12-13-14-15(9)6-2-3-7(11)8(4-6)16(17)18/h2-5H,1H3. The van der Waals surface area contributed by atoms with Crippen LogP contribution in [0.4, 0.5) is 10.1 Å². The van der Waals surface area contributed by atoms with E-state index in [1.165, 1.54) is 10.7 Å². The summed E-state index contributed by atoms with van der Waals surface area (Å²) in [6.45, 7) is 1.65. The molecule has 9 heteroatoms. The van der Waals surface area contributed by atoms with Crippen LogP contribution in [0.5, 0.6) is 0 Å². The number of hydrogen-bond acceptors (Lipinski definition) is 5. The second kappa shape index (κ2) is 4.65. The third-order valence-corrected chi connectivity index (χ3v) is 2.42. The summed E-state index contributed by atoms with van der Waals surface area (Å²) in [6, 6.07) is 3.37. The van der Waals surface area contributed by atoms with E-state index in [0.717, 1.165) is 12.1 Å². The SMILES string of the molecule is CC(Cl)c1nnnn1-c1ccc(F)c([N+](=O)[O-])c1. The lowest BCUT2D eigenvalue weighted by molar-refractivity contribution is -0.387. The van der Waals surface area contributed by atoms with Crippen LogP contribution < -0.4 is 0 Å². The maximum atomic E-state index is 13.2. The van der Waals surface area contributed by atoms with Crippen LogP contribution in [0.1, 0.15) is 18.1 Å². The molecule has 0 saturated carbocycles. The lowest BCUT2D eigenvalue weighted by Crippen LogP contribution is -2.05. The second-order valence-electron chi connectivity index (χ2n) is 3.46. The number of nitrogens with zero attached hydrogens (tertiary/aromatic N) is 5. The first-order valence-corrected chi connectivity index (χ1v) is 5.31. The summed E-state index contributed by atoms with van der Waals surface area (Å²) >= 11 is 5.86. The van der Waals surface area contributed by atoms with Gasteiger partial charge in [0, 0.05) is 6.07 Å². The van der Waals surface area contributed by atoms with Gasteiger partial charge in [0.2, 0.25) is 5.82 Å². The lowest BCUT2D eigenvalue weighted by atomic mass is 10.2. The van der Waals surface area contributed by atoms with Crippen LogP contribution in [0.15, 0.2) is 18.2 Å². The Hall–Kier alpha value is -2.09. The van der Waals surface area contributed by atoms with Crippen molar-refractivity contribution in [2.75, 3.05) is 0 Å². The zero-order chi connectivity index (χ0) is 13.3. The molecule has 0 aliphatic carbocycles. The Morgan fingerprint density at radius 2 is 2.28 bits per heavy atom. The van der Waals surface area contributed by atoms with E-state index < -0.39 is 21.8 Å². The molecule has 0 saturated heterocycles. The van der Waals surface area contributed by atoms with E-state index in [1.54, 1.807) is 6.92 Å². The second-order valence-corrected chi connectivity index (χ2v) is 4.11. The van der Waals surface area contributed by atoms with Crippen molar-refractivity contribution in [3.05, 3.63) is 40.0 Å². The van der Waals surface area contributed by atoms with Crippen molar-refractivity contribution in [2.24, 2.45) is 0 Å². The number of aromatic nitrogens is 4. The summed E-state index contributed by atoms with van der Waals surface area (Å²) in [7, 11) is 0. The molecule has 0 radical (unpaired) electrons. The molecule has 2 aromatic rings. The topological polar surface area (TPSA) is 86.7 Å². The molecule has 1 atom stereocenters. The molecule has 1 unspecified atom stereocenters. The van der Waals surface area contributed by atoms with Gasteiger partial charge in [-0.3, -0.25) is 10.1 Å². The Morgan fingerprint density at radius 1 is 1.56 bits per heavy atom. The molecule has 1 aromatic carbocycles. The van der Waals surface area contributed by atoms with Crippen molar-refractivity contribution in [1.82, 2.24) is 20.2 Å². The van der Waals surface area contributed by atoms with E-state index in [4.69, 9.17) is 11.6 Å². The van der Waals surface area contributed by atoms with Crippen LogP contribution in [0.25, 0.3) is 5.69 Å². The van der Waals surface area contributed by atoms with Gasteiger partial charge in [-0.1, -0.05) is 0 Å². The van der Waals surface area contributed by atoms with E-state index in [9.17, 15) is 14.5 Å². The Kier molecular flexibility index (Phi) is 3.19. The summed E-state index contributed by atoms with van der Waals surface area (Å²) in [4.78, 5) is 9.83. The van der Waals surface area contributed by atoms with E-state index in [-0.39, 0.29) is 5.69 Å². The van der Waals surface area contributed by atoms with Crippen LogP contribution in [0.2, 0.25) is 0 Å². The van der Waals surface area contributed by atoms with Gasteiger partial charge in [0.15, 0.2) is 5.82 Å². The fraction of sp³-hybridized carbons (Fsp3) is 0.222. The molecule has 0 amide bonds. The molecule has 2 rings (SSSR count). The summed E-state index contributed by atoms with van der Waals surface area (Å²) in [5, 5.41) is 20.9. The number of benzene rings is 1. The smallest absolute Gasteiger partial charge is 0.258 e. The average Bonchev–Trinajstić information content (AvgIpc) is 2.78. The van der Waals surface area contributed by atoms with Crippen molar-refractivity contribution < 1.29 is 9.31 Å². The van der Waals surface area contributed by atoms with Gasteiger partial charge in [0.05, 0.1) is 16.0 Å². The molecule has 0 fully saturated rings. The Bertz CT molecular complexity index is 600. The van der Waals surface area contributed by atoms with Crippen LogP contribution in [0, 0.1) is 15.9 Å². The minimum absolute atomic E-state index is 0.274. The molecule has 0 spiro atoms. The maximum Gasteiger partial charge on any atom is 0.306 e. The summed E-state index contributed by atoms with van der Waals surface area (Å²) < 4.78 is 14.4. The highest BCUT2D eigenvalue weighted by atomic mass is 35.5. The zero-order valence-electron chi connectivity index (χ0n) is 9.12. The normalized spacial score (nSPS) is 12.4. The van der Waals surface area contributed by atoms with E-state index >= 15 is 0 Å². The summed E-state index contributed by atoms with van der Waals surface area (Å²) in [6.07, 6.45) is 0. The van der Waals surface area contributed by atoms with Crippen molar-refractivity contribution in [2.45, 2.75) is 12.3 Å². The molecular formula is C9H7ClFN5O2. The van der Waals surface area contributed by atoms with Crippen molar-refractivity contribution in [1.29, 1.82) is 0 Å². The summed E-state index contributed by atoms with van der Waals surface area (Å²) in [5.41, 5.74) is -0.369. The molecule has 0 bridgehead atoms. The molecule has 94 valence electrons. The van der Waals surface area contributed by atoms with Gasteiger partial charge >= 0.3 is 5.69 Å². The third kappa shape index (κ3) is 2.14. The fourth-order valence-corrected chi connectivity index (χ4v) is 1.53. The number of nitro benzene ring substituents is 1. The van der Waals surface area contributed by atoms with Crippen molar-refractivity contribution in [3.63, 3.8) is 0 Å². The molecular weight excluding hydrogens is 265 g/mol. The average molecular weight is 272 g/mol. The first kappa shape index (κ1) is 12.4. The highest BCUT2D eigenvalue weighted by Crippen LogP contribution is 2.23. The minimum atomic E-state index is -0.919. The van der Waals surface area contributed by atoms with Gasteiger partial charge in [-0.15, -0.1) is 16.7 Å². The molecule has 1 aromatic heterocycles. The van der Waals surface area contributed by atoms with Crippen molar-refractivity contribution >= 4 is 17.3 Å². The van der Waals surface area contributed by atoms with Gasteiger partial charge in [-0.25, -0.2) is 0 Å². The minimum Gasteiger partial charge on any atom is -0.258 e. The van der Waals surface area contributed by atoms with Crippen LogP contribution in [-0.2, 0) is 0 Å². The van der Waals surface area contributed by atoms with Crippen LogP contribution in [-0.4, -0.2) is 25.1 Å². The quantitative estimate of drug-likeness (QED) is 0.484. The van der Waals surface area contributed by atoms with Crippen LogP contribution >= 0.6 is 11.6 Å². The molecule has 1 heterocycles. The van der Waals surface area contributed by atoms with Crippen molar-refractivity contribution in [3.8, 4) is 5.69 Å².